The van der Waals surface area contributed by atoms with Crippen molar-refractivity contribution >= 4 is 23.9 Å². The summed E-state index contributed by atoms with van der Waals surface area (Å²) in [5, 5.41) is 0. The number of nitrogens with zero attached hydrogens (tertiary/aromatic N) is 1. The van der Waals surface area contributed by atoms with Gasteiger partial charge >= 0.3 is 11.9 Å². The molecule has 0 amide bonds. The number of benzene rings is 1. The Balaban J connectivity index is 2.33. The molecule has 0 N–H and O–H groups in total. The van der Waals surface area contributed by atoms with Crippen LogP contribution in [0.25, 0.3) is 6.08 Å². The Morgan fingerprint density at radius 1 is 1.38 bits per heavy atom. The summed E-state index contributed by atoms with van der Waals surface area (Å²) in [6.45, 7) is 5.17. The predicted octanol–water partition coefficient (Wildman–Crippen LogP) is 2.33. The Morgan fingerprint density at radius 3 is 2.71 bits per heavy atom. The number of esters is 2. The molecule has 6 heteroatoms. The van der Waals surface area contributed by atoms with Crippen LogP contribution in [-0.4, -0.2) is 24.4 Å². The maximum atomic E-state index is 11.5. The molecule has 0 aliphatic carbocycles. The second-order valence-corrected chi connectivity index (χ2v) is 4.28. The van der Waals surface area contributed by atoms with Gasteiger partial charge in [-0.05, 0) is 30.7 Å². The average Bonchev–Trinajstić information content (AvgIpc) is 2.71. The molecule has 110 valence electrons. The number of carbonyl (C=O) groups excluding carboxylic acids is 2. The smallest absolute Gasteiger partial charge is 0.363 e. The zero-order chi connectivity index (χ0) is 15.4. The molecule has 2 rings (SSSR count). The van der Waals surface area contributed by atoms with Gasteiger partial charge in [-0.3, -0.25) is 4.79 Å². The van der Waals surface area contributed by atoms with E-state index >= 15 is 0 Å². The fourth-order valence-corrected chi connectivity index (χ4v) is 1.80. The van der Waals surface area contributed by atoms with Gasteiger partial charge in [-0.1, -0.05) is 6.07 Å². The number of rotatable bonds is 4. The summed E-state index contributed by atoms with van der Waals surface area (Å²) in [6, 6.07) is 4.98. The van der Waals surface area contributed by atoms with Crippen molar-refractivity contribution in [1.82, 2.24) is 0 Å². The monoisotopic (exact) mass is 289 g/mol. The number of carbonyl (C=O) groups is 2. The molecule has 0 atom stereocenters. The van der Waals surface area contributed by atoms with E-state index in [9.17, 15) is 9.59 Å². The lowest BCUT2D eigenvalue weighted by Crippen LogP contribution is -2.04. The Hall–Kier alpha value is -2.63. The molecule has 0 bridgehead atoms. The van der Waals surface area contributed by atoms with Gasteiger partial charge in [0.15, 0.2) is 23.1 Å². The first kappa shape index (κ1) is 14.8. The standard InChI is InChI=1S/C15H15NO5/c1-4-19-14-8-11(5-6-13(14)21-10(3)17)7-12-15(18)20-9(2)16-12/h5-8H,4H2,1-3H3/b12-7-. The first-order valence-electron chi connectivity index (χ1n) is 6.44. The van der Waals surface area contributed by atoms with Gasteiger partial charge in [-0.25, -0.2) is 9.79 Å². The Morgan fingerprint density at radius 2 is 2.14 bits per heavy atom. The largest absolute Gasteiger partial charge is 0.490 e. The van der Waals surface area contributed by atoms with Crippen LogP contribution in [0.2, 0.25) is 0 Å². The third-order valence-corrected chi connectivity index (χ3v) is 2.55. The summed E-state index contributed by atoms with van der Waals surface area (Å²) < 4.78 is 15.3. The van der Waals surface area contributed by atoms with Crippen LogP contribution >= 0.6 is 0 Å². The Labute approximate surface area is 122 Å². The zero-order valence-corrected chi connectivity index (χ0v) is 12.0. The minimum atomic E-state index is -0.491. The molecule has 0 radical (unpaired) electrons. The Bertz CT molecular complexity index is 645. The number of hydrogen-bond donors (Lipinski definition) is 0. The van der Waals surface area contributed by atoms with Crippen molar-refractivity contribution < 1.29 is 23.8 Å². The van der Waals surface area contributed by atoms with Gasteiger partial charge in [-0.15, -0.1) is 0 Å². The molecule has 1 heterocycles. The molecular formula is C15H15NO5. The van der Waals surface area contributed by atoms with Gasteiger partial charge < -0.3 is 14.2 Å². The SMILES string of the molecule is CCOc1cc(/C=C2\N=C(C)OC2=O)ccc1OC(C)=O. The molecule has 1 aromatic rings. The number of aliphatic imine (C=N–C) groups is 1. The summed E-state index contributed by atoms with van der Waals surface area (Å²) in [7, 11) is 0. The van der Waals surface area contributed by atoms with E-state index in [4.69, 9.17) is 14.2 Å². The number of ether oxygens (including phenoxy) is 3. The lowest BCUT2D eigenvalue weighted by molar-refractivity contribution is -0.132. The maximum Gasteiger partial charge on any atom is 0.363 e. The van der Waals surface area contributed by atoms with Crippen LogP contribution in [-0.2, 0) is 14.3 Å². The summed E-state index contributed by atoms with van der Waals surface area (Å²) in [4.78, 5) is 26.5. The molecule has 0 saturated carbocycles. The van der Waals surface area contributed by atoms with Crippen molar-refractivity contribution in [2.75, 3.05) is 6.61 Å². The van der Waals surface area contributed by atoms with E-state index < -0.39 is 11.9 Å². The van der Waals surface area contributed by atoms with Crippen molar-refractivity contribution in [3.8, 4) is 11.5 Å². The molecule has 0 aromatic heterocycles. The van der Waals surface area contributed by atoms with Gasteiger partial charge in [0.25, 0.3) is 0 Å². The highest BCUT2D eigenvalue weighted by atomic mass is 16.6. The van der Waals surface area contributed by atoms with E-state index in [-0.39, 0.29) is 5.70 Å². The molecular weight excluding hydrogens is 274 g/mol. The quantitative estimate of drug-likeness (QED) is 0.483. The van der Waals surface area contributed by atoms with Crippen molar-refractivity contribution in [2.45, 2.75) is 20.8 Å². The maximum absolute atomic E-state index is 11.5. The van der Waals surface area contributed by atoms with E-state index in [2.05, 4.69) is 4.99 Å². The molecule has 1 aromatic carbocycles. The third kappa shape index (κ3) is 3.68. The van der Waals surface area contributed by atoms with E-state index in [1.807, 2.05) is 6.92 Å². The first-order chi connectivity index (χ1) is 9.99. The van der Waals surface area contributed by atoms with Gasteiger partial charge in [0.05, 0.1) is 6.61 Å². The lowest BCUT2D eigenvalue weighted by Gasteiger charge is -2.10. The molecule has 0 fully saturated rings. The lowest BCUT2D eigenvalue weighted by atomic mass is 10.1. The molecule has 0 unspecified atom stereocenters. The summed E-state index contributed by atoms with van der Waals surface area (Å²) in [5.41, 5.74) is 0.912. The van der Waals surface area contributed by atoms with E-state index in [0.717, 1.165) is 0 Å². The second-order valence-electron chi connectivity index (χ2n) is 4.28. The topological polar surface area (TPSA) is 74.2 Å². The third-order valence-electron chi connectivity index (χ3n) is 2.55. The van der Waals surface area contributed by atoms with Crippen molar-refractivity contribution in [3.05, 3.63) is 29.5 Å². The van der Waals surface area contributed by atoms with Gasteiger partial charge in [0.2, 0.25) is 0 Å². The molecule has 1 aliphatic heterocycles. The normalized spacial score (nSPS) is 15.7. The fourth-order valence-electron chi connectivity index (χ4n) is 1.80. The van der Waals surface area contributed by atoms with Crippen molar-refractivity contribution in [2.24, 2.45) is 4.99 Å². The van der Waals surface area contributed by atoms with Gasteiger partial charge in [0.1, 0.15) is 0 Å². The molecule has 6 nitrogen and oxygen atoms in total. The van der Waals surface area contributed by atoms with Crippen LogP contribution in [0.3, 0.4) is 0 Å². The highest BCUT2D eigenvalue weighted by Crippen LogP contribution is 2.30. The average molecular weight is 289 g/mol. The van der Waals surface area contributed by atoms with Crippen LogP contribution < -0.4 is 9.47 Å². The zero-order valence-electron chi connectivity index (χ0n) is 12.0. The van der Waals surface area contributed by atoms with Crippen LogP contribution in [0.15, 0.2) is 28.9 Å². The highest BCUT2D eigenvalue weighted by Gasteiger charge is 2.19. The van der Waals surface area contributed by atoms with E-state index in [0.29, 0.717) is 29.6 Å². The molecule has 21 heavy (non-hydrogen) atoms. The minimum Gasteiger partial charge on any atom is -0.490 e. The number of hydrogen-bond acceptors (Lipinski definition) is 6. The van der Waals surface area contributed by atoms with Crippen LogP contribution in [0.5, 0.6) is 11.5 Å². The highest BCUT2D eigenvalue weighted by molar-refractivity contribution is 6.06. The molecule has 0 saturated heterocycles. The summed E-state index contributed by atoms with van der Waals surface area (Å²) in [6.07, 6.45) is 1.58. The van der Waals surface area contributed by atoms with E-state index in [1.54, 1.807) is 31.2 Å². The van der Waals surface area contributed by atoms with Crippen molar-refractivity contribution in [1.29, 1.82) is 0 Å². The van der Waals surface area contributed by atoms with Crippen LogP contribution in [0.1, 0.15) is 26.3 Å². The van der Waals surface area contributed by atoms with Crippen LogP contribution in [0.4, 0.5) is 0 Å². The first-order valence-corrected chi connectivity index (χ1v) is 6.44. The van der Waals surface area contributed by atoms with E-state index in [1.165, 1.54) is 6.92 Å². The summed E-state index contributed by atoms with van der Waals surface area (Å²) in [5.74, 6) is 0.151. The molecule has 0 spiro atoms. The second kappa shape index (κ2) is 6.21. The minimum absolute atomic E-state index is 0.218. The van der Waals surface area contributed by atoms with Gasteiger partial charge in [0, 0.05) is 13.8 Å². The molecule has 1 aliphatic rings. The predicted molar refractivity (Wildman–Crippen MR) is 76.1 cm³/mol. The van der Waals surface area contributed by atoms with Gasteiger partial charge in [-0.2, -0.15) is 0 Å². The summed E-state index contributed by atoms with van der Waals surface area (Å²) >= 11 is 0. The van der Waals surface area contributed by atoms with Crippen molar-refractivity contribution in [3.63, 3.8) is 0 Å². The van der Waals surface area contributed by atoms with Crippen LogP contribution in [0, 0.1) is 0 Å². The Kier molecular flexibility index (Phi) is 4.37. The fraction of sp³-hybridized carbons (Fsp3) is 0.267. The number of cyclic esters (lactones) is 1.